The summed E-state index contributed by atoms with van der Waals surface area (Å²) in [5.74, 6) is 0.384. The van der Waals surface area contributed by atoms with Gasteiger partial charge in [-0.15, -0.1) is 0 Å². The zero-order chi connectivity index (χ0) is 12.2. The van der Waals surface area contributed by atoms with E-state index in [2.05, 4.69) is 15.3 Å². The minimum Gasteiger partial charge on any atom is -0.396 e. The summed E-state index contributed by atoms with van der Waals surface area (Å²) in [5.41, 5.74) is 5.23. The van der Waals surface area contributed by atoms with E-state index >= 15 is 0 Å². The van der Waals surface area contributed by atoms with Gasteiger partial charge in [-0.25, -0.2) is 4.98 Å². The summed E-state index contributed by atoms with van der Waals surface area (Å²) in [6, 6.07) is 0. The van der Waals surface area contributed by atoms with E-state index in [1.807, 2.05) is 13.8 Å². The van der Waals surface area contributed by atoms with Crippen molar-refractivity contribution < 1.29 is 5.11 Å². The van der Waals surface area contributed by atoms with Gasteiger partial charge >= 0.3 is 0 Å². The Bertz CT molecular complexity index is 400. The first-order valence-electron chi connectivity index (χ1n) is 5.14. The first-order valence-corrected chi connectivity index (χ1v) is 5.14. The first kappa shape index (κ1) is 12.5. The van der Waals surface area contributed by atoms with Crippen LogP contribution in [0.2, 0.25) is 0 Å². The number of H-pyrrole nitrogens is 1. The van der Waals surface area contributed by atoms with E-state index in [0.717, 1.165) is 0 Å². The van der Waals surface area contributed by atoms with Crippen molar-refractivity contribution in [2.75, 3.05) is 24.2 Å². The standard InChI is InChI=1S/C10H18N4O2/c1-10(2,3-4-15)5-12-8-7(11)9(16)14-6-13-8/h6,15H,3-5,11H2,1-2H3,(H2,12,13,14,16). The lowest BCUT2D eigenvalue weighted by Crippen LogP contribution is -2.26. The molecule has 0 saturated heterocycles. The van der Waals surface area contributed by atoms with E-state index in [1.54, 1.807) is 0 Å². The van der Waals surface area contributed by atoms with E-state index in [0.29, 0.717) is 18.8 Å². The van der Waals surface area contributed by atoms with Crippen molar-refractivity contribution in [2.45, 2.75) is 20.3 Å². The van der Waals surface area contributed by atoms with Crippen LogP contribution in [0.3, 0.4) is 0 Å². The second-order valence-corrected chi connectivity index (χ2v) is 4.49. The summed E-state index contributed by atoms with van der Waals surface area (Å²) in [7, 11) is 0. The molecule has 5 N–H and O–H groups in total. The largest absolute Gasteiger partial charge is 0.396 e. The Labute approximate surface area is 93.9 Å². The summed E-state index contributed by atoms with van der Waals surface area (Å²) in [4.78, 5) is 17.5. The number of anilines is 2. The molecule has 0 bridgehead atoms. The van der Waals surface area contributed by atoms with Crippen LogP contribution in [0.15, 0.2) is 11.1 Å². The number of hydrogen-bond donors (Lipinski definition) is 4. The summed E-state index contributed by atoms with van der Waals surface area (Å²) in [6.07, 6.45) is 1.98. The van der Waals surface area contributed by atoms with Crippen LogP contribution in [0.25, 0.3) is 0 Å². The Kier molecular flexibility index (Phi) is 3.89. The Balaban J connectivity index is 2.68. The minimum atomic E-state index is -0.350. The number of aliphatic hydroxyl groups is 1. The second-order valence-electron chi connectivity index (χ2n) is 4.49. The molecule has 0 aromatic carbocycles. The Morgan fingerprint density at radius 1 is 1.62 bits per heavy atom. The smallest absolute Gasteiger partial charge is 0.276 e. The van der Waals surface area contributed by atoms with E-state index in [-0.39, 0.29) is 23.3 Å². The van der Waals surface area contributed by atoms with Crippen LogP contribution in [0.1, 0.15) is 20.3 Å². The molecule has 0 atom stereocenters. The highest BCUT2D eigenvalue weighted by Crippen LogP contribution is 2.20. The van der Waals surface area contributed by atoms with E-state index < -0.39 is 0 Å². The highest BCUT2D eigenvalue weighted by molar-refractivity contribution is 5.58. The van der Waals surface area contributed by atoms with E-state index in [1.165, 1.54) is 6.33 Å². The molecule has 0 saturated carbocycles. The van der Waals surface area contributed by atoms with Crippen LogP contribution in [0.4, 0.5) is 11.5 Å². The predicted molar refractivity (Wildman–Crippen MR) is 63.2 cm³/mol. The molecule has 16 heavy (non-hydrogen) atoms. The van der Waals surface area contributed by atoms with Gasteiger partial charge in [0, 0.05) is 13.2 Å². The number of hydrogen-bond acceptors (Lipinski definition) is 5. The van der Waals surface area contributed by atoms with Crippen molar-refractivity contribution in [3.05, 3.63) is 16.7 Å². The maximum Gasteiger partial charge on any atom is 0.276 e. The molecule has 0 aliphatic carbocycles. The molecule has 1 heterocycles. The van der Waals surface area contributed by atoms with Gasteiger partial charge in [-0.05, 0) is 11.8 Å². The SMILES string of the molecule is CC(C)(CCO)CNc1nc[nH]c(=O)c1N. The highest BCUT2D eigenvalue weighted by Gasteiger charge is 2.17. The average Bonchev–Trinajstić information content (AvgIpc) is 2.20. The van der Waals surface area contributed by atoms with Crippen LogP contribution in [-0.2, 0) is 0 Å². The maximum atomic E-state index is 11.2. The van der Waals surface area contributed by atoms with Crippen LogP contribution in [0.5, 0.6) is 0 Å². The van der Waals surface area contributed by atoms with Gasteiger partial charge in [0.25, 0.3) is 5.56 Å². The van der Waals surface area contributed by atoms with Crippen molar-refractivity contribution in [1.82, 2.24) is 9.97 Å². The summed E-state index contributed by atoms with van der Waals surface area (Å²) >= 11 is 0. The number of nitrogen functional groups attached to an aromatic ring is 1. The summed E-state index contributed by atoms with van der Waals surface area (Å²) in [6.45, 7) is 4.75. The third-order valence-electron chi connectivity index (χ3n) is 2.41. The summed E-state index contributed by atoms with van der Waals surface area (Å²) in [5, 5.41) is 11.9. The van der Waals surface area contributed by atoms with Gasteiger partial charge in [0.1, 0.15) is 5.69 Å². The molecule has 0 aliphatic rings. The monoisotopic (exact) mass is 226 g/mol. The fraction of sp³-hybridized carbons (Fsp3) is 0.600. The highest BCUT2D eigenvalue weighted by atomic mass is 16.3. The molecule has 0 unspecified atom stereocenters. The third kappa shape index (κ3) is 3.23. The lowest BCUT2D eigenvalue weighted by atomic mass is 9.90. The summed E-state index contributed by atoms with van der Waals surface area (Å²) < 4.78 is 0. The average molecular weight is 226 g/mol. The molecule has 0 fully saturated rings. The lowest BCUT2D eigenvalue weighted by Gasteiger charge is -2.24. The first-order chi connectivity index (χ1) is 7.46. The Morgan fingerprint density at radius 2 is 2.31 bits per heavy atom. The van der Waals surface area contributed by atoms with Crippen molar-refractivity contribution in [2.24, 2.45) is 5.41 Å². The Hall–Kier alpha value is -1.56. The maximum absolute atomic E-state index is 11.2. The molecule has 90 valence electrons. The zero-order valence-corrected chi connectivity index (χ0v) is 9.58. The molecule has 0 radical (unpaired) electrons. The van der Waals surface area contributed by atoms with Gasteiger partial charge in [-0.2, -0.15) is 0 Å². The molecule has 1 aromatic heterocycles. The second kappa shape index (κ2) is 4.98. The van der Waals surface area contributed by atoms with Gasteiger partial charge < -0.3 is 21.1 Å². The number of rotatable bonds is 5. The lowest BCUT2D eigenvalue weighted by molar-refractivity contribution is 0.220. The van der Waals surface area contributed by atoms with Gasteiger partial charge in [-0.1, -0.05) is 13.8 Å². The van der Waals surface area contributed by atoms with Gasteiger partial charge in [0.05, 0.1) is 6.33 Å². The van der Waals surface area contributed by atoms with Crippen molar-refractivity contribution in [1.29, 1.82) is 0 Å². The van der Waals surface area contributed by atoms with Crippen molar-refractivity contribution >= 4 is 11.5 Å². The fourth-order valence-corrected chi connectivity index (χ4v) is 1.27. The van der Waals surface area contributed by atoms with E-state index in [4.69, 9.17) is 10.8 Å². The van der Waals surface area contributed by atoms with Gasteiger partial charge in [0.15, 0.2) is 5.82 Å². The van der Waals surface area contributed by atoms with Gasteiger partial charge in [0.2, 0.25) is 0 Å². The molecule has 1 rings (SSSR count). The quantitative estimate of drug-likeness (QED) is 0.573. The molecular weight excluding hydrogens is 208 g/mol. The minimum absolute atomic E-state index is 0.0779. The van der Waals surface area contributed by atoms with Crippen LogP contribution < -0.4 is 16.6 Å². The number of nitrogens with two attached hydrogens (primary N) is 1. The molecule has 0 aliphatic heterocycles. The zero-order valence-electron chi connectivity index (χ0n) is 9.58. The fourth-order valence-electron chi connectivity index (χ4n) is 1.27. The van der Waals surface area contributed by atoms with Gasteiger partial charge in [-0.3, -0.25) is 4.79 Å². The number of nitrogens with zero attached hydrogens (tertiary/aromatic N) is 1. The Morgan fingerprint density at radius 3 is 2.94 bits per heavy atom. The van der Waals surface area contributed by atoms with Crippen molar-refractivity contribution in [3.8, 4) is 0 Å². The van der Waals surface area contributed by atoms with E-state index in [9.17, 15) is 4.79 Å². The molecule has 6 nitrogen and oxygen atoms in total. The molecule has 0 spiro atoms. The molecule has 1 aromatic rings. The van der Waals surface area contributed by atoms with Crippen molar-refractivity contribution in [3.63, 3.8) is 0 Å². The normalized spacial score (nSPS) is 11.4. The number of aromatic nitrogens is 2. The number of aliphatic hydroxyl groups excluding tert-OH is 1. The van der Waals surface area contributed by atoms with Crippen LogP contribution >= 0.6 is 0 Å². The predicted octanol–water partition coefficient (Wildman–Crippen LogP) is 0.173. The number of nitrogens with one attached hydrogen (secondary N) is 2. The van der Waals surface area contributed by atoms with Crippen LogP contribution in [0, 0.1) is 5.41 Å². The molecule has 0 amide bonds. The third-order valence-corrected chi connectivity index (χ3v) is 2.41. The van der Waals surface area contributed by atoms with Crippen LogP contribution in [-0.4, -0.2) is 28.2 Å². The molecule has 6 heteroatoms. The topological polar surface area (TPSA) is 104 Å². The number of aromatic amines is 1. The molecular formula is C10H18N4O2.